The number of para-hydroxylation sites is 1. The molecule has 6 heteroatoms. The van der Waals surface area contributed by atoms with E-state index >= 15 is 0 Å². The van der Waals surface area contributed by atoms with Crippen molar-refractivity contribution in [3.63, 3.8) is 0 Å². The maximum absolute atomic E-state index is 6.08. The van der Waals surface area contributed by atoms with E-state index in [0.29, 0.717) is 48.6 Å². The van der Waals surface area contributed by atoms with E-state index in [-0.39, 0.29) is 0 Å². The molecule has 0 aliphatic carbocycles. The van der Waals surface area contributed by atoms with Crippen LogP contribution >= 0.6 is 11.6 Å². The van der Waals surface area contributed by atoms with Crippen molar-refractivity contribution in [3.05, 3.63) is 77.4 Å². The molecule has 0 fully saturated rings. The van der Waals surface area contributed by atoms with Gasteiger partial charge in [-0.2, -0.15) is 0 Å². The zero-order chi connectivity index (χ0) is 19.6. The average molecular weight is 399 g/mol. The first-order valence-corrected chi connectivity index (χ1v) is 9.55. The van der Waals surface area contributed by atoms with Crippen molar-refractivity contribution in [2.24, 2.45) is 0 Å². The molecule has 0 aliphatic rings. The lowest BCUT2D eigenvalue weighted by Crippen LogP contribution is -2.10. The molecule has 146 valence electrons. The largest absolute Gasteiger partial charge is 0.490 e. The van der Waals surface area contributed by atoms with Crippen molar-refractivity contribution >= 4 is 17.4 Å². The third kappa shape index (κ3) is 5.79. The highest BCUT2D eigenvalue weighted by atomic mass is 35.5. The molecule has 2 aromatic carbocycles. The highest BCUT2D eigenvalue weighted by molar-refractivity contribution is 6.32. The number of rotatable bonds is 10. The van der Waals surface area contributed by atoms with E-state index in [2.05, 4.69) is 10.3 Å². The Morgan fingerprint density at radius 3 is 2.39 bits per heavy atom. The molecule has 0 saturated heterocycles. The predicted octanol–water partition coefficient (Wildman–Crippen LogP) is 5.20. The third-order valence-corrected chi connectivity index (χ3v) is 4.19. The minimum atomic E-state index is 0.386. The SMILES string of the molecule is CCOc1cc(CNc2ccccn2)ccc1OCCOc1ccccc1Cl. The van der Waals surface area contributed by atoms with Gasteiger partial charge < -0.3 is 19.5 Å². The second-order valence-electron chi connectivity index (χ2n) is 5.91. The summed E-state index contributed by atoms with van der Waals surface area (Å²) in [4.78, 5) is 4.26. The van der Waals surface area contributed by atoms with Crippen molar-refractivity contribution in [2.75, 3.05) is 25.1 Å². The van der Waals surface area contributed by atoms with Gasteiger partial charge in [0.25, 0.3) is 0 Å². The van der Waals surface area contributed by atoms with E-state index in [9.17, 15) is 0 Å². The number of ether oxygens (including phenoxy) is 3. The summed E-state index contributed by atoms with van der Waals surface area (Å²) < 4.78 is 17.2. The Labute approximate surface area is 170 Å². The second-order valence-corrected chi connectivity index (χ2v) is 6.32. The van der Waals surface area contributed by atoms with Gasteiger partial charge in [0.05, 0.1) is 11.6 Å². The number of halogens is 1. The number of hydrogen-bond acceptors (Lipinski definition) is 5. The average Bonchev–Trinajstić information content (AvgIpc) is 2.73. The summed E-state index contributed by atoms with van der Waals surface area (Å²) in [7, 11) is 0. The molecule has 0 spiro atoms. The first-order valence-electron chi connectivity index (χ1n) is 9.17. The van der Waals surface area contributed by atoms with Gasteiger partial charge in [0.1, 0.15) is 24.8 Å². The minimum Gasteiger partial charge on any atom is -0.490 e. The van der Waals surface area contributed by atoms with Crippen LogP contribution in [0.4, 0.5) is 5.82 Å². The van der Waals surface area contributed by atoms with Gasteiger partial charge in [0.15, 0.2) is 11.5 Å². The molecule has 1 heterocycles. The molecule has 0 aliphatic heterocycles. The lowest BCUT2D eigenvalue weighted by molar-refractivity contribution is 0.208. The molecule has 0 atom stereocenters. The number of aromatic nitrogens is 1. The van der Waals surface area contributed by atoms with Crippen LogP contribution in [0.15, 0.2) is 66.9 Å². The Balaban J connectivity index is 1.55. The summed E-state index contributed by atoms with van der Waals surface area (Å²) >= 11 is 6.08. The Kier molecular flexibility index (Phi) is 7.38. The Bertz CT molecular complexity index is 875. The van der Waals surface area contributed by atoms with Crippen LogP contribution in [0, 0.1) is 0 Å². The molecule has 0 unspecified atom stereocenters. The van der Waals surface area contributed by atoms with Crippen LogP contribution in [0.25, 0.3) is 0 Å². The summed E-state index contributed by atoms with van der Waals surface area (Å²) in [6.45, 7) is 3.93. The van der Waals surface area contributed by atoms with Crippen LogP contribution in [0.5, 0.6) is 17.2 Å². The van der Waals surface area contributed by atoms with Gasteiger partial charge >= 0.3 is 0 Å². The smallest absolute Gasteiger partial charge is 0.161 e. The molecule has 0 bridgehead atoms. The molecule has 3 rings (SSSR count). The van der Waals surface area contributed by atoms with Crippen LogP contribution in [-0.2, 0) is 6.54 Å². The van der Waals surface area contributed by atoms with Crippen LogP contribution in [0.3, 0.4) is 0 Å². The number of hydrogen-bond donors (Lipinski definition) is 1. The molecule has 1 N–H and O–H groups in total. The molecule has 5 nitrogen and oxygen atoms in total. The molecule has 28 heavy (non-hydrogen) atoms. The zero-order valence-electron chi connectivity index (χ0n) is 15.7. The van der Waals surface area contributed by atoms with Gasteiger partial charge in [-0.05, 0) is 48.9 Å². The fourth-order valence-corrected chi connectivity index (χ4v) is 2.77. The fourth-order valence-electron chi connectivity index (χ4n) is 2.57. The summed E-state index contributed by atoms with van der Waals surface area (Å²) in [6, 6.07) is 19.0. The zero-order valence-corrected chi connectivity index (χ0v) is 16.5. The van der Waals surface area contributed by atoms with Crippen LogP contribution in [-0.4, -0.2) is 24.8 Å². The number of nitrogens with one attached hydrogen (secondary N) is 1. The Hall–Kier alpha value is -2.92. The number of anilines is 1. The summed E-state index contributed by atoms with van der Waals surface area (Å²) in [5.74, 6) is 2.87. The lowest BCUT2D eigenvalue weighted by Gasteiger charge is -2.14. The standard InChI is InChI=1S/C22H23ClN2O3/c1-2-26-21-15-17(16-25-22-9-5-6-12-24-22)10-11-20(21)28-14-13-27-19-8-4-3-7-18(19)23/h3-12,15H,2,13-14,16H2,1H3,(H,24,25). The Morgan fingerprint density at radius 1 is 0.857 bits per heavy atom. The topological polar surface area (TPSA) is 52.6 Å². The number of benzene rings is 2. The van der Waals surface area contributed by atoms with Crippen molar-refractivity contribution < 1.29 is 14.2 Å². The predicted molar refractivity (Wildman–Crippen MR) is 112 cm³/mol. The van der Waals surface area contributed by atoms with E-state index in [0.717, 1.165) is 11.4 Å². The molecule has 1 aromatic heterocycles. The van der Waals surface area contributed by atoms with E-state index < -0.39 is 0 Å². The van der Waals surface area contributed by atoms with Gasteiger partial charge in [-0.25, -0.2) is 4.98 Å². The van der Waals surface area contributed by atoms with Crippen molar-refractivity contribution in [2.45, 2.75) is 13.5 Å². The molecule has 3 aromatic rings. The second kappa shape index (κ2) is 10.4. The normalized spacial score (nSPS) is 10.4. The first-order chi connectivity index (χ1) is 13.8. The first kappa shape index (κ1) is 19.8. The van der Waals surface area contributed by atoms with Crippen LogP contribution in [0.1, 0.15) is 12.5 Å². The fraction of sp³-hybridized carbons (Fsp3) is 0.227. The van der Waals surface area contributed by atoms with Gasteiger partial charge in [-0.1, -0.05) is 35.9 Å². The minimum absolute atomic E-state index is 0.386. The van der Waals surface area contributed by atoms with Gasteiger partial charge in [-0.3, -0.25) is 0 Å². The Morgan fingerprint density at radius 2 is 1.64 bits per heavy atom. The summed E-state index contributed by atoms with van der Waals surface area (Å²) in [6.07, 6.45) is 1.76. The van der Waals surface area contributed by atoms with Crippen molar-refractivity contribution in [1.29, 1.82) is 0 Å². The van der Waals surface area contributed by atoms with Crippen LogP contribution < -0.4 is 19.5 Å². The highest BCUT2D eigenvalue weighted by Gasteiger charge is 2.08. The van der Waals surface area contributed by atoms with Crippen molar-refractivity contribution in [1.82, 2.24) is 4.98 Å². The summed E-state index contributed by atoms with van der Waals surface area (Å²) in [5, 5.41) is 3.87. The maximum Gasteiger partial charge on any atom is 0.161 e. The number of pyridine rings is 1. The summed E-state index contributed by atoms with van der Waals surface area (Å²) in [5.41, 5.74) is 1.08. The quantitative estimate of drug-likeness (QED) is 0.475. The lowest BCUT2D eigenvalue weighted by atomic mass is 10.2. The molecular formula is C22H23ClN2O3. The van der Waals surface area contributed by atoms with Crippen molar-refractivity contribution in [3.8, 4) is 17.2 Å². The van der Waals surface area contributed by atoms with E-state index in [1.165, 1.54) is 0 Å². The molecule has 0 amide bonds. The third-order valence-electron chi connectivity index (χ3n) is 3.88. The van der Waals surface area contributed by atoms with E-state index in [1.54, 1.807) is 12.3 Å². The maximum atomic E-state index is 6.08. The highest BCUT2D eigenvalue weighted by Crippen LogP contribution is 2.29. The molecule has 0 saturated carbocycles. The van der Waals surface area contributed by atoms with Gasteiger partial charge in [-0.15, -0.1) is 0 Å². The monoisotopic (exact) mass is 398 g/mol. The van der Waals surface area contributed by atoms with E-state index in [4.69, 9.17) is 25.8 Å². The van der Waals surface area contributed by atoms with E-state index in [1.807, 2.05) is 61.5 Å². The van der Waals surface area contributed by atoms with Gasteiger partial charge in [0, 0.05) is 12.7 Å². The number of nitrogens with zero attached hydrogens (tertiary/aromatic N) is 1. The molecular weight excluding hydrogens is 376 g/mol. The molecule has 0 radical (unpaired) electrons. The van der Waals surface area contributed by atoms with Crippen LogP contribution in [0.2, 0.25) is 5.02 Å². The van der Waals surface area contributed by atoms with Gasteiger partial charge in [0.2, 0.25) is 0 Å².